The molecule has 0 aromatic heterocycles. The molecule has 2 unspecified atom stereocenters. The molecular weight excluding hydrogens is 569 g/mol. The van der Waals surface area contributed by atoms with Gasteiger partial charge in [0.05, 0.1) is 18.6 Å². The summed E-state index contributed by atoms with van der Waals surface area (Å²) in [5.41, 5.74) is 5.53. The summed E-state index contributed by atoms with van der Waals surface area (Å²) in [6, 6.07) is 10.3. The van der Waals surface area contributed by atoms with E-state index in [4.69, 9.17) is 32.2 Å². The number of nitrogens with one attached hydrogen (secondary N) is 1. The van der Waals surface area contributed by atoms with E-state index in [2.05, 4.69) is 31.3 Å². The lowest BCUT2D eigenvalue weighted by atomic mass is 9.74. The van der Waals surface area contributed by atoms with Crippen LogP contribution in [0.5, 0.6) is 0 Å². The van der Waals surface area contributed by atoms with Gasteiger partial charge in [0, 0.05) is 17.5 Å². The highest BCUT2D eigenvalue weighted by atomic mass is 32.2. The Balaban J connectivity index is 2.61. The fourth-order valence-electron chi connectivity index (χ4n) is 3.94. The van der Waals surface area contributed by atoms with E-state index in [0.29, 0.717) is 15.7 Å². The van der Waals surface area contributed by atoms with Crippen molar-refractivity contribution in [2.24, 2.45) is 17.1 Å². The minimum absolute atomic E-state index is 0.0105. The highest BCUT2D eigenvalue weighted by Gasteiger charge is 2.40. The predicted octanol–water partition coefficient (Wildman–Crippen LogP) is 4.77. The molecule has 1 rings (SSSR count). The van der Waals surface area contributed by atoms with Gasteiger partial charge in [0.15, 0.2) is 12.3 Å². The molecule has 0 heterocycles. The van der Waals surface area contributed by atoms with Gasteiger partial charge in [0.2, 0.25) is 11.7 Å². The molecule has 1 aromatic rings. The van der Waals surface area contributed by atoms with Gasteiger partial charge in [-0.25, -0.2) is 4.79 Å². The van der Waals surface area contributed by atoms with Crippen molar-refractivity contribution in [1.29, 1.82) is 0 Å². The summed E-state index contributed by atoms with van der Waals surface area (Å²) in [7, 11) is 1.66. The molecule has 11 heteroatoms. The Labute approximate surface area is 253 Å². The van der Waals surface area contributed by atoms with Crippen LogP contribution < -0.4 is 11.1 Å². The van der Waals surface area contributed by atoms with Crippen LogP contribution in [-0.4, -0.2) is 70.4 Å². The molecule has 0 aliphatic heterocycles. The first kappa shape index (κ1) is 36.5. The molecule has 0 saturated heterocycles. The van der Waals surface area contributed by atoms with Crippen molar-refractivity contribution in [1.82, 2.24) is 5.32 Å². The van der Waals surface area contributed by atoms with Crippen molar-refractivity contribution in [2.45, 2.75) is 77.9 Å². The molecule has 0 spiro atoms. The van der Waals surface area contributed by atoms with Gasteiger partial charge < -0.3 is 19.5 Å². The van der Waals surface area contributed by atoms with E-state index in [1.807, 2.05) is 32.0 Å². The molecule has 1 amide bonds. The van der Waals surface area contributed by atoms with E-state index in [0.717, 1.165) is 6.42 Å². The molecule has 0 saturated carbocycles. The second kappa shape index (κ2) is 16.8. The quantitative estimate of drug-likeness (QED) is 0.110. The van der Waals surface area contributed by atoms with Gasteiger partial charge in [-0.05, 0) is 58.4 Å². The van der Waals surface area contributed by atoms with Crippen molar-refractivity contribution in [3.8, 4) is 0 Å². The number of thioether (sulfide) groups is 2. The number of ketones is 1. The van der Waals surface area contributed by atoms with E-state index in [1.54, 1.807) is 20.9 Å². The third-order valence-corrected chi connectivity index (χ3v) is 8.98. The van der Waals surface area contributed by atoms with Crippen LogP contribution in [0.15, 0.2) is 30.3 Å². The van der Waals surface area contributed by atoms with Gasteiger partial charge in [-0.15, -0.1) is 23.5 Å². The van der Waals surface area contributed by atoms with Gasteiger partial charge in [-0.2, -0.15) is 0 Å². The largest absolute Gasteiger partial charge is 0.456 e. The number of carbonyl (C=O) groups is 3. The minimum Gasteiger partial charge on any atom is -0.456 e. The van der Waals surface area contributed by atoms with Crippen LogP contribution in [0.1, 0.15) is 60.5 Å². The maximum absolute atomic E-state index is 13.0. The average molecular weight is 615 g/mol. The molecule has 226 valence electrons. The number of hydrogen-bond donors (Lipinski definition) is 2. The number of benzene rings is 1. The predicted molar refractivity (Wildman–Crippen MR) is 168 cm³/mol. The number of amides is 1. The van der Waals surface area contributed by atoms with Gasteiger partial charge in [0.1, 0.15) is 10.1 Å². The Bertz CT molecular complexity index is 983. The highest BCUT2D eigenvalue weighted by molar-refractivity contribution is 8.47. The summed E-state index contributed by atoms with van der Waals surface area (Å²) in [5, 5.41) is 2.83. The summed E-state index contributed by atoms with van der Waals surface area (Å²) in [6.45, 7) is 12.9. The van der Waals surface area contributed by atoms with Crippen LogP contribution >= 0.6 is 35.7 Å². The number of hydrogen-bond acceptors (Lipinski definition) is 10. The Morgan fingerprint density at radius 2 is 1.68 bits per heavy atom. The van der Waals surface area contributed by atoms with Crippen molar-refractivity contribution >= 4 is 56.9 Å². The third kappa shape index (κ3) is 13.9. The van der Waals surface area contributed by atoms with Crippen LogP contribution in [0.25, 0.3) is 0 Å². The minimum atomic E-state index is -1.61. The normalized spacial score (nSPS) is 14.3. The zero-order valence-corrected chi connectivity index (χ0v) is 27.5. The first-order valence-corrected chi connectivity index (χ1v) is 15.5. The van der Waals surface area contributed by atoms with Crippen LogP contribution in [0.4, 0.5) is 0 Å². The Kier molecular flexibility index (Phi) is 15.4. The maximum atomic E-state index is 13.0. The molecule has 0 aliphatic carbocycles. The lowest BCUT2D eigenvalue weighted by molar-refractivity contribution is -0.160. The summed E-state index contributed by atoms with van der Waals surface area (Å²) < 4.78 is 15.9. The van der Waals surface area contributed by atoms with Gasteiger partial charge in [-0.3, -0.25) is 15.3 Å². The van der Waals surface area contributed by atoms with Crippen LogP contribution in [0.3, 0.4) is 0 Å². The van der Waals surface area contributed by atoms with Crippen LogP contribution in [-0.2, 0) is 35.0 Å². The molecule has 40 heavy (non-hydrogen) atoms. The Morgan fingerprint density at radius 3 is 2.25 bits per heavy atom. The number of rotatable bonds is 17. The first-order chi connectivity index (χ1) is 18.5. The lowest BCUT2D eigenvalue weighted by Crippen LogP contribution is -2.50. The average Bonchev–Trinajstić information content (AvgIpc) is 2.86. The van der Waals surface area contributed by atoms with E-state index in [9.17, 15) is 14.4 Å². The topological polar surface area (TPSA) is 117 Å². The zero-order chi connectivity index (χ0) is 30.6. The highest BCUT2D eigenvalue weighted by Crippen LogP contribution is 2.43. The summed E-state index contributed by atoms with van der Waals surface area (Å²) in [4.78, 5) is 37.0. The second-order valence-corrected chi connectivity index (χ2v) is 15.4. The summed E-state index contributed by atoms with van der Waals surface area (Å²) >= 11 is 8.54. The van der Waals surface area contributed by atoms with E-state index in [1.165, 1.54) is 36.0 Å². The van der Waals surface area contributed by atoms with Crippen molar-refractivity contribution in [2.75, 3.05) is 32.6 Å². The van der Waals surface area contributed by atoms with E-state index < -0.39 is 28.8 Å². The Morgan fingerprint density at radius 1 is 1.05 bits per heavy atom. The number of thiocarbonyl (C=S) groups is 1. The van der Waals surface area contributed by atoms with Gasteiger partial charge in [0.25, 0.3) is 0 Å². The third-order valence-electron chi connectivity index (χ3n) is 6.19. The maximum Gasteiger partial charge on any atom is 0.332 e. The van der Waals surface area contributed by atoms with Gasteiger partial charge in [-0.1, -0.05) is 56.4 Å². The summed E-state index contributed by atoms with van der Waals surface area (Å²) in [6.07, 6.45) is 1.43. The molecule has 0 aliphatic rings. The van der Waals surface area contributed by atoms with Crippen molar-refractivity contribution in [3.05, 3.63) is 35.9 Å². The molecule has 0 fully saturated rings. The molecule has 8 nitrogen and oxygen atoms in total. The smallest absolute Gasteiger partial charge is 0.332 e. The summed E-state index contributed by atoms with van der Waals surface area (Å²) in [5.74, 6) is -1.01. The van der Waals surface area contributed by atoms with Crippen LogP contribution in [0.2, 0.25) is 0 Å². The fourth-order valence-corrected chi connectivity index (χ4v) is 7.06. The molecule has 2 atom stereocenters. The fraction of sp³-hybridized carbons (Fsp3) is 0.655. The van der Waals surface area contributed by atoms with Gasteiger partial charge >= 0.3 is 5.97 Å². The number of Topliss-reactive ketones (excluding diaryl/α,β-unsaturated/α-hetero) is 1. The first-order valence-electron chi connectivity index (χ1n) is 13.3. The molecule has 1 aromatic carbocycles. The number of esters is 1. The van der Waals surface area contributed by atoms with E-state index in [-0.39, 0.29) is 36.6 Å². The zero-order valence-electron chi connectivity index (χ0n) is 25.0. The van der Waals surface area contributed by atoms with Crippen molar-refractivity contribution < 1.29 is 28.6 Å². The van der Waals surface area contributed by atoms with E-state index >= 15 is 0 Å². The molecule has 0 radical (unpaired) electrons. The standard InChI is InChI=1S/C29H46N2O6S3/c1-20(2)35-19-24(33)36-18-23(32)29(7,30)37-14-15-39-26(38)40-28(5,6)22(25(34)31-8)17-27(3,4)16-21-12-10-9-11-13-21/h9-13,20,22H,14-19,30H2,1-8H3,(H,31,34). The van der Waals surface area contributed by atoms with Crippen LogP contribution in [0, 0.1) is 11.3 Å². The number of ether oxygens (including phenoxy) is 3. The Hall–Kier alpha value is -1.50. The van der Waals surface area contributed by atoms with Crippen molar-refractivity contribution in [3.63, 3.8) is 0 Å². The second-order valence-electron chi connectivity index (χ2n) is 11.4. The monoisotopic (exact) mass is 614 g/mol. The molecule has 3 N–H and O–H groups in total. The lowest BCUT2D eigenvalue weighted by Gasteiger charge is -2.38. The number of carbonyl (C=O) groups excluding carboxylic acids is 3. The number of nitrogens with two attached hydrogens (primary N) is 1. The molecular formula is C29H46N2O6S3. The molecule has 0 bridgehead atoms. The SMILES string of the molecule is CNC(=O)C(CC(C)(C)Cc1ccccc1)C(C)(C)SC(=S)SCCOC(C)(N)C(=O)COC(=O)COC(C)C.